The summed E-state index contributed by atoms with van der Waals surface area (Å²) in [7, 11) is 2.02. The van der Waals surface area contributed by atoms with E-state index in [1.54, 1.807) is 17.7 Å². The van der Waals surface area contributed by atoms with Crippen molar-refractivity contribution in [2.24, 2.45) is 18.9 Å². The average molecular weight is 486 g/mol. The van der Waals surface area contributed by atoms with Gasteiger partial charge in [-0.2, -0.15) is 0 Å². The third kappa shape index (κ3) is 4.61. The second-order valence-electron chi connectivity index (χ2n) is 11.1. The van der Waals surface area contributed by atoms with Gasteiger partial charge in [-0.3, -0.25) is 4.79 Å². The molecule has 3 aromatic rings. The van der Waals surface area contributed by atoms with Crippen molar-refractivity contribution >= 4 is 16.8 Å². The molecule has 5 heteroatoms. The standard InChI is InChI=1S/C31H36FN3O/c1-33-15-12-25-6-3-7-29(30(25)33)31(36)35-20-26(18-22-4-2-5-22)27(21-35)19-34-16-13-24(14-17-34)23-8-10-28(32)11-9-23/h3,6-12,15,18,24,26-27H,2,4-5,13-14,16-17,19-21H2,1H3. The highest BCUT2D eigenvalue weighted by atomic mass is 19.1. The van der Waals surface area contributed by atoms with Crippen LogP contribution in [0.25, 0.3) is 10.9 Å². The molecule has 2 saturated heterocycles. The van der Waals surface area contributed by atoms with E-state index < -0.39 is 0 Å². The maximum Gasteiger partial charge on any atom is 0.256 e. The Morgan fingerprint density at radius 3 is 2.53 bits per heavy atom. The number of carbonyl (C=O) groups excluding carboxylic acids is 1. The number of rotatable bonds is 5. The topological polar surface area (TPSA) is 28.5 Å². The van der Waals surface area contributed by atoms with Gasteiger partial charge in [-0.25, -0.2) is 4.39 Å². The molecule has 2 aliphatic heterocycles. The first-order chi connectivity index (χ1) is 17.5. The van der Waals surface area contributed by atoms with Crippen molar-refractivity contribution < 1.29 is 9.18 Å². The molecule has 2 aromatic carbocycles. The molecule has 1 amide bonds. The van der Waals surface area contributed by atoms with E-state index in [1.807, 2.05) is 37.5 Å². The van der Waals surface area contributed by atoms with Crippen LogP contribution in [0, 0.1) is 17.7 Å². The fourth-order valence-electron chi connectivity index (χ4n) is 6.51. The minimum absolute atomic E-state index is 0.161. The molecular weight excluding hydrogens is 449 g/mol. The molecule has 3 heterocycles. The molecule has 2 unspecified atom stereocenters. The van der Waals surface area contributed by atoms with Crippen molar-refractivity contribution in [2.45, 2.75) is 38.0 Å². The Labute approximate surface area is 213 Å². The van der Waals surface area contributed by atoms with Gasteiger partial charge in [0.2, 0.25) is 0 Å². The summed E-state index contributed by atoms with van der Waals surface area (Å²) in [5.74, 6) is 1.43. The van der Waals surface area contributed by atoms with Crippen molar-refractivity contribution in [3.8, 4) is 0 Å². The molecule has 2 atom stereocenters. The maximum absolute atomic E-state index is 13.7. The van der Waals surface area contributed by atoms with Crippen LogP contribution in [-0.4, -0.2) is 53.0 Å². The highest BCUT2D eigenvalue weighted by Gasteiger charge is 2.37. The lowest BCUT2D eigenvalue weighted by molar-refractivity contribution is 0.0782. The summed E-state index contributed by atoms with van der Waals surface area (Å²) < 4.78 is 15.4. The number of aryl methyl sites for hydroxylation is 1. The highest BCUT2D eigenvalue weighted by molar-refractivity contribution is 6.06. The smallest absolute Gasteiger partial charge is 0.256 e. The van der Waals surface area contributed by atoms with Crippen molar-refractivity contribution in [3.63, 3.8) is 0 Å². The molecule has 1 aromatic heterocycles. The van der Waals surface area contributed by atoms with Crippen LogP contribution in [-0.2, 0) is 7.05 Å². The number of hydrogen-bond donors (Lipinski definition) is 0. The molecule has 188 valence electrons. The van der Waals surface area contributed by atoms with Crippen LogP contribution in [0.5, 0.6) is 0 Å². The van der Waals surface area contributed by atoms with Gasteiger partial charge >= 0.3 is 0 Å². The molecule has 1 saturated carbocycles. The van der Waals surface area contributed by atoms with Crippen molar-refractivity contribution in [1.29, 1.82) is 0 Å². The average Bonchev–Trinajstić information content (AvgIpc) is 3.45. The Bertz CT molecular complexity index is 1260. The zero-order valence-corrected chi connectivity index (χ0v) is 21.2. The maximum atomic E-state index is 13.7. The number of para-hydroxylation sites is 1. The first-order valence-corrected chi connectivity index (χ1v) is 13.6. The molecule has 1 aliphatic carbocycles. The summed E-state index contributed by atoms with van der Waals surface area (Å²) in [4.78, 5) is 18.4. The van der Waals surface area contributed by atoms with Crippen LogP contribution in [0.3, 0.4) is 0 Å². The Morgan fingerprint density at radius 2 is 1.81 bits per heavy atom. The third-order valence-electron chi connectivity index (χ3n) is 8.77. The molecule has 3 aliphatic rings. The molecule has 0 radical (unpaired) electrons. The lowest BCUT2D eigenvalue weighted by atomic mass is 9.85. The Kier molecular flexibility index (Phi) is 6.43. The fourth-order valence-corrected chi connectivity index (χ4v) is 6.51. The molecule has 3 fully saturated rings. The molecule has 6 rings (SSSR count). The highest BCUT2D eigenvalue weighted by Crippen LogP contribution is 2.35. The number of benzene rings is 2. The van der Waals surface area contributed by atoms with Gasteiger partial charge in [-0.1, -0.05) is 35.9 Å². The normalized spacial score (nSPS) is 23.3. The zero-order chi connectivity index (χ0) is 24.6. The van der Waals surface area contributed by atoms with Gasteiger partial charge in [-0.05, 0) is 86.9 Å². The predicted molar refractivity (Wildman–Crippen MR) is 143 cm³/mol. The monoisotopic (exact) mass is 485 g/mol. The lowest BCUT2D eigenvalue weighted by Crippen LogP contribution is -2.38. The van der Waals surface area contributed by atoms with E-state index in [4.69, 9.17) is 0 Å². The molecular formula is C31H36FN3O. The fraction of sp³-hybridized carbons (Fsp3) is 0.452. The SMILES string of the molecule is Cn1ccc2cccc(C(=O)N3CC(C=C4CCC4)C(CN4CCC(c5ccc(F)cc5)CC4)C3)c21. The van der Waals surface area contributed by atoms with Gasteiger partial charge in [0.05, 0.1) is 11.1 Å². The van der Waals surface area contributed by atoms with E-state index >= 15 is 0 Å². The van der Waals surface area contributed by atoms with E-state index in [1.165, 1.54) is 24.8 Å². The summed E-state index contributed by atoms with van der Waals surface area (Å²) in [6.45, 7) is 4.82. The number of allylic oxidation sites excluding steroid dienone is 1. The quantitative estimate of drug-likeness (QED) is 0.415. The Hall–Kier alpha value is -2.92. The van der Waals surface area contributed by atoms with Crippen LogP contribution in [0.2, 0.25) is 0 Å². The number of nitrogens with zero attached hydrogens (tertiary/aromatic N) is 3. The summed E-state index contributed by atoms with van der Waals surface area (Å²) in [5, 5.41) is 1.12. The second kappa shape index (κ2) is 9.85. The first kappa shape index (κ1) is 23.5. The van der Waals surface area contributed by atoms with Gasteiger partial charge < -0.3 is 14.4 Å². The van der Waals surface area contributed by atoms with Crippen molar-refractivity contribution in [2.75, 3.05) is 32.7 Å². The van der Waals surface area contributed by atoms with Crippen molar-refractivity contribution in [3.05, 3.63) is 83.3 Å². The lowest BCUT2D eigenvalue weighted by Gasteiger charge is -2.34. The number of aromatic nitrogens is 1. The number of carbonyl (C=O) groups is 1. The number of fused-ring (bicyclic) bond motifs is 1. The number of halogens is 1. The summed E-state index contributed by atoms with van der Waals surface area (Å²) >= 11 is 0. The number of hydrogen-bond acceptors (Lipinski definition) is 2. The van der Waals surface area contributed by atoms with E-state index in [0.717, 1.165) is 62.0 Å². The molecule has 36 heavy (non-hydrogen) atoms. The van der Waals surface area contributed by atoms with Crippen LogP contribution in [0.1, 0.15) is 53.9 Å². The van der Waals surface area contributed by atoms with Gasteiger partial charge in [0.25, 0.3) is 5.91 Å². The van der Waals surface area contributed by atoms with Gasteiger partial charge in [0, 0.05) is 44.2 Å². The van der Waals surface area contributed by atoms with E-state index in [0.29, 0.717) is 17.8 Å². The predicted octanol–water partition coefficient (Wildman–Crippen LogP) is 6.00. The number of amides is 1. The molecule has 0 spiro atoms. The molecule has 0 bridgehead atoms. The molecule has 0 N–H and O–H groups in total. The van der Waals surface area contributed by atoms with Crippen LogP contribution >= 0.6 is 0 Å². The second-order valence-corrected chi connectivity index (χ2v) is 11.1. The number of likely N-dealkylation sites (tertiary alicyclic amines) is 2. The minimum Gasteiger partial charge on any atom is -0.350 e. The third-order valence-corrected chi connectivity index (χ3v) is 8.77. The Morgan fingerprint density at radius 1 is 1.03 bits per heavy atom. The van der Waals surface area contributed by atoms with E-state index in [2.05, 4.69) is 32.6 Å². The van der Waals surface area contributed by atoms with Crippen molar-refractivity contribution in [1.82, 2.24) is 14.4 Å². The number of piperidine rings is 1. The zero-order valence-electron chi connectivity index (χ0n) is 21.2. The van der Waals surface area contributed by atoms with Crippen LogP contribution < -0.4 is 0 Å². The minimum atomic E-state index is -0.161. The summed E-state index contributed by atoms with van der Waals surface area (Å²) in [6, 6.07) is 15.2. The van der Waals surface area contributed by atoms with E-state index in [-0.39, 0.29) is 11.7 Å². The molecule has 4 nitrogen and oxygen atoms in total. The summed E-state index contributed by atoms with van der Waals surface area (Å²) in [6.07, 6.45) is 10.5. The van der Waals surface area contributed by atoms with Crippen LogP contribution in [0.15, 0.2) is 66.4 Å². The first-order valence-electron chi connectivity index (χ1n) is 13.6. The van der Waals surface area contributed by atoms with E-state index in [9.17, 15) is 9.18 Å². The summed E-state index contributed by atoms with van der Waals surface area (Å²) in [5.41, 5.74) is 4.69. The van der Waals surface area contributed by atoms with Crippen LogP contribution in [0.4, 0.5) is 4.39 Å². The Balaban J connectivity index is 1.15. The van der Waals surface area contributed by atoms with Gasteiger partial charge in [-0.15, -0.1) is 0 Å². The largest absolute Gasteiger partial charge is 0.350 e. The van der Waals surface area contributed by atoms with Gasteiger partial charge in [0.1, 0.15) is 5.82 Å². The van der Waals surface area contributed by atoms with Gasteiger partial charge in [0.15, 0.2) is 0 Å².